The Morgan fingerprint density at radius 2 is 1.88 bits per heavy atom. The van der Waals surface area contributed by atoms with Crippen LogP contribution in [0.25, 0.3) is 31.7 Å². The number of methoxy groups -OCH3 is 1. The Morgan fingerprint density at radius 3 is 2.58 bits per heavy atom. The summed E-state index contributed by atoms with van der Waals surface area (Å²) < 4.78 is 40.9. The van der Waals surface area contributed by atoms with Crippen molar-refractivity contribution in [1.82, 2.24) is 15.0 Å². The lowest BCUT2D eigenvalue weighted by Crippen LogP contribution is -2.46. The van der Waals surface area contributed by atoms with Gasteiger partial charge >= 0.3 is 6.09 Å². The predicted molar refractivity (Wildman–Crippen MR) is 151 cm³/mol. The first kappa shape index (κ1) is 27.5. The van der Waals surface area contributed by atoms with Crippen molar-refractivity contribution in [1.29, 1.82) is 0 Å². The van der Waals surface area contributed by atoms with Crippen molar-refractivity contribution < 1.29 is 28.2 Å². The van der Waals surface area contributed by atoms with E-state index in [1.54, 1.807) is 27.2 Å². The summed E-state index contributed by atoms with van der Waals surface area (Å²) in [7, 11) is 1.57. The summed E-state index contributed by atoms with van der Waals surface area (Å²) in [6.07, 6.45) is 1.62. The molecule has 1 N–H and O–H groups in total. The smallest absolute Gasteiger partial charge is 0.412 e. The molecule has 0 spiro atoms. The molecule has 1 amide bonds. The highest BCUT2D eigenvalue weighted by atomic mass is 35.5. The molecule has 8 nitrogen and oxygen atoms in total. The number of aryl methyl sites for hydroxylation is 1. The van der Waals surface area contributed by atoms with Gasteiger partial charge in [0.25, 0.3) is 0 Å². The van der Waals surface area contributed by atoms with E-state index in [9.17, 15) is 14.3 Å². The molecule has 0 aliphatic heterocycles. The number of amides is 1. The number of hydrogen-bond donors (Lipinski definition) is 1. The zero-order chi connectivity index (χ0) is 28.7. The minimum Gasteiger partial charge on any atom is -0.495 e. The number of pyridine rings is 2. The molecule has 0 fully saturated rings. The molecule has 0 aliphatic carbocycles. The SMILES string of the molecule is COc1cnc2c(-c3nc4c(Cl)c(F)c(O[C@@H](C)[C@@H](C)N(C(=O)O)c5cncc(F)c5)cc4s3)cc(C)cc2c1. The topological polar surface area (TPSA) is 97.7 Å². The number of benzene rings is 2. The molecule has 3 heterocycles. The fourth-order valence-corrected chi connectivity index (χ4v) is 5.71. The van der Waals surface area contributed by atoms with E-state index >= 15 is 4.39 Å². The van der Waals surface area contributed by atoms with E-state index in [0.29, 0.717) is 21.0 Å². The Bertz CT molecular complexity index is 1770. The summed E-state index contributed by atoms with van der Waals surface area (Å²) in [6.45, 7) is 5.11. The number of halogens is 3. The molecule has 3 aromatic heterocycles. The number of anilines is 1. The number of ether oxygens (including phenoxy) is 2. The van der Waals surface area contributed by atoms with Crippen LogP contribution in [0.5, 0.6) is 11.5 Å². The largest absolute Gasteiger partial charge is 0.495 e. The maximum Gasteiger partial charge on any atom is 0.412 e. The van der Waals surface area contributed by atoms with Crippen LogP contribution in [0, 0.1) is 18.6 Å². The Labute approximate surface area is 236 Å². The lowest BCUT2D eigenvalue weighted by atomic mass is 10.1. The van der Waals surface area contributed by atoms with Gasteiger partial charge in [-0.2, -0.15) is 0 Å². The van der Waals surface area contributed by atoms with Gasteiger partial charge < -0.3 is 14.6 Å². The molecule has 0 aliphatic rings. The van der Waals surface area contributed by atoms with Crippen molar-refractivity contribution in [3.63, 3.8) is 0 Å². The third-order valence-corrected chi connectivity index (χ3v) is 7.86. The van der Waals surface area contributed by atoms with Gasteiger partial charge in [0.2, 0.25) is 0 Å². The molecular formula is C28H23ClF2N4O4S. The van der Waals surface area contributed by atoms with Gasteiger partial charge in [-0.05, 0) is 44.5 Å². The van der Waals surface area contributed by atoms with Crippen LogP contribution in [0.2, 0.25) is 5.02 Å². The van der Waals surface area contributed by atoms with E-state index in [1.807, 2.05) is 25.1 Å². The van der Waals surface area contributed by atoms with E-state index in [-0.39, 0.29) is 22.0 Å². The van der Waals surface area contributed by atoms with Crippen LogP contribution in [0.1, 0.15) is 19.4 Å². The number of aromatic nitrogens is 3. The predicted octanol–water partition coefficient (Wildman–Crippen LogP) is 7.50. The third kappa shape index (κ3) is 5.09. The molecule has 40 heavy (non-hydrogen) atoms. The lowest BCUT2D eigenvalue weighted by molar-refractivity contribution is 0.167. The summed E-state index contributed by atoms with van der Waals surface area (Å²) in [5, 5.41) is 11.0. The monoisotopic (exact) mass is 584 g/mol. The molecule has 0 bridgehead atoms. The van der Waals surface area contributed by atoms with Gasteiger partial charge in [0, 0.05) is 23.1 Å². The number of thiazole rings is 1. The number of carboxylic acid groups (broad SMARTS) is 1. The first-order valence-corrected chi connectivity index (χ1v) is 13.3. The van der Waals surface area contributed by atoms with Gasteiger partial charge in [-0.3, -0.25) is 14.9 Å². The Balaban J connectivity index is 1.51. The molecular weight excluding hydrogens is 562 g/mol. The molecule has 0 unspecified atom stereocenters. The summed E-state index contributed by atoms with van der Waals surface area (Å²) in [5.74, 6) is -1.05. The molecule has 5 rings (SSSR count). The molecule has 5 aromatic rings. The highest BCUT2D eigenvalue weighted by molar-refractivity contribution is 7.21. The Hall–Kier alpha value is -4.09. The van der Waals surface area contributed by atoms with E-state index in [4.69, 9.17) is 21.1 Å². The van der Waals surface area contributed by atoms with Gasteiger partial charge in [-0.15, -0.1) is 11.3 Å². The molecule has 0 radical (unpaired) electrons. The zero-order valence-corrected chi connectivity index (χ0v) is 23.3. The van der Waals surface area contributed by atoms with Crippen LogP contribution in [0.3, 0.4) is 0 Å². The van der Waals surface area contributed by atoms with Crippen LogP contribution in [0.4, 0.5) is 19.3 Å². The van der Waals surface area contributed by atoms with E-state index in [1.165, 1.54) is 23.6 Å². The minimum absolute atomic E-state index is 0.0214. The van der Waals surface area contributed by atoms with Crippen LogP contribution < -0.4 is 14.4 Å². The lowest BCUT2D eigenvalue weighted by Gasteiger charge is -2.31. The Morgan fingerprint density at radius 1 is 1.10 bits per heavy atom. The van der Waals surface area contributed by atoms with E-state index < -0.39 is 29.9 Å². The third-order valence-electron chi connectivity index (χ3n) is 6.48. The van der Waals surface area contributed by atoms with Gasteiger partial charge in [0.15, 0.2) is 11.6 Å². The highest BCUT2D eigenvalue weighted by Crippen LogP contribution is 2.41. The van der Waals surface area contributed by atoms with E-state index in [0.717, 1.165) is 33.7 Å². The Kier molecular flexibility index (Phi) is 7.43. The van der Waals surface area contributed by atoms with Crippen LogP contribution in [-0.4, -0.2) is 45.4 Å². The zero-order valence-electron chi connectivity index (χ0n) is 21.8. The molecule has 2 aromatic carbocycles. The molecule has 12 heteroatoms. The highest BCUT2D eigenvalue weighted by Gasteiger charge is 2.29. The molecule has 0 saturated carbocycles. The fourth-order valence-electron chi connectivity index (χ4n) is 4.40. The fraction of sp³-hybridized carbons (Fsp3) is 0.214. The maximum absolute atomic E-state index is 15.4. The van der Waals surface area contributed by atoms with E-state index in [2.05, 4.69) is 15.0 Å². The summed E-state index contributed by atoms with van der Waals surface area (Å²) >= 11 is 7.71. The van der Waals surface area contributed by atoms with Gasteiger partial charge in [0.1, 0.15) is 33.2 Å². The summed E-state index contributed by atoms with van der Waals surface area (Å²) in [5.41, 5.74) is 2.75. The van der Waals surface area contributed by atoms with Crippen molar-refractivity contribution in [3.8, 4) is 22.1 Å². The minimum atomic E-state index is -1.34. The number of hydrogen-bond acceptors (Lipinski definition) is 7. The molecule has 206 valence electrons. The van der Waals surface area contributed by atoms with Gasteiger partial charge in [0.05, 0.1) is 47.6 Å². The first-order valence-electron chi connectivity index (χ1n) is 12.1. The van der Waals surface area contributed by atoms with Crippen LogP contribution in [-0.2, 0) is 0 Å². The molecule has 2 atom stereocenters. The average molecular weight is 585 g/mol. The number of carbonyl (C=O) groups is 1. The number of nitrogens with zero attached hydrogens (tertiary/aromatic N) is 4. The average Bonchev–Trinajstić information content (AvgIpc) is 3.34. The van der Waals surface area contributed by atoms with Crippen molar-refractivity contribution in [2.24, 2.45) is 0 Å². The van der Waals surface area contributed by atoms with Gasteiger partial charge in [-0.1, -0.05) is 11.6 Å². The van der Waals surface area contributed by atoms with Crippen molar-refractivity contribution in [3.05, 3.63) is 71.1 Å². The second kappa shape index (κ2) is 10.8. The normalized spacial score (nSPS) is 12.9. The van der Waals surface area contributed by atoms with Crippen molar-refractivity contribution in [2.45, 2.75) is 32.9 Å². The standard InChI is InChI=1S/C28H23ClF2N4O4S/c1-13-5-16-7-19(38-4)12-33-25(16)20(6-13)27-34-26-22(40-27)9-21(24(31)23(26)29)39-15(3)14(2)35(28(36)37)18-8-17(30)10-32-11-18/h5-12,14-15H,1-4H3,(H,36,37)/t14-,15+/m1/s1. The second-order valence-corrected chi connectivity index (χ2v) is 10.6. The second-order valence-electron chi connectivity index (χ2n) is 9.21. The quantitative estimate of drug-likeness (QED) is 0.211. The molecule has 0 saturated heterocycles. The summed E-state index contributed by atoms with van der Waals surface area (Å²) in [4.78, 5) is 25.8. The van der Waals surface area contributed by atoms with Crippen LogP contribution in [0.15, 0.2) is 48.9 Å². The van der Waals surface area contributed by atoms with Crippen molar-refractivity contribution in [2.75, 3.05) is 12.0 Å². The van der Waals surface area contributed by atoms with Crippen molar-refractivity contribution >= 4 is 55.8 Å². The number of fused-ring (bicyclic) bond motifs is 2. The first-order chi connectivity index (χ1) is 19.1. The number of rotatable bonds is 7. The maximum atomic E-state index is 15.4. The van der Waals surface area contributed by atoms with Crippen LogP contribution >= 0.6 is 22.9 Å². The summed E-state index contributed by atoms with van der Waals surface area (Å²) in [6, 6.07) is 7.52. The van der Waals surface area contributed by atoms with Gasteiger partial charge in [-0.25, -0.2) is 18.6 Å².